The molecule has 0 aliphatic heterocycles. The fourth-order valence-corrected chi connectivity index (χ4v) is 2.97. The maximum absolute atomic E-state index is 5.64. The van der Waals surface area contributed by atoms with Crippen molar-refractivity contribution >= 4 is 30.0 Å². The van der Waals surface area contributed by atoms with Crippen LogP contribution in [0, 0.1) is 0 Å². The zero-order valence-corrected chi connectivity index (χ0v) is 13.6. The Labute approximate surface area is 128 Å². The molecule has 0 aliphatic rings. The fourth-order valence-electron chi connectivity index (χ4n) is 1.22. The normalized spacial score (nSPS) is 11.8. The van der Waals surface area contributed by atoms with Gasteiger partial charge in [-0.15, -0.1) is 0 Å². The fraction of sp³-hybridized carbons (Fsp3) is 0.667. The van der Waals surface area contributed by atoms with Gasteiger partial charge in [0.05, 0.1) is 13.2 Å². The summed E-state index contributed by atoms with van der Waals surface area (Å²) in [7, 11) is 1.59. The standard InChI is InChI=1S/C12H21N3O3S2/c1-4-8-17-19-12(16-3,20-18-9-5-2)10-6-7-14-11(13)15-10/h6-7H,4-5,8-9H2,1-3H3,(H2,13,14,15). The average Bonchev–Trinajstić information content (AvgIpc) is 2.46. The molecule has 0 radical (unpaired) electrons. The van der Waals surface area contributed by atoms with Crippen molar-refractivity contribution in [3.05, 3.63) is 18.0 Å². The third-order valence-corrected chi connectivity index (χ3v) is 4.34. The third kappa shape index (κ3) is 5.10. The summed E-state index contributed by atoms with van der Waals surface area (Å²) in [5.74, 6) is 0.191. The Morgan fingerprint density at radius 2 is 1.80 bits per heavy atom. The molecule has 0 spiro atoms. The van der Waals surface area contributed by atoms with E-state index in [0.717, 1.165) is 12.8 Å². The smallest absolute Gasteiger partial charge is 0.253 e. The predicted octanol–water partition coefficient (Wildman–Crippen LogP) is 2.97. The molecule has 0 bridgehead atoms. The van der Waals surface area contributed by atoms with Gasteiger partial charge in [-0.2, -0.15) is 0 Å². The number of hydrogen-bond acceptors (Lipinski definition) is 8. The van der Waals surface area contributed by atoms with Crippen LogP contribution in [0.5, 0.6) is 0 Å². The minimum absolute atomic E-state index is 0.191. The Kier molecular flexibility index (Phi) is 8.24. The highest BCUT2D eigenvalue weighted by molar-refractivity contribution is 8.13. The molecule has 6 nitrogen and oxygen atoms in total. The second kappa shape index (κ2) is 9.41. The van der Waals surface area contributed by atoms with E-state index in [1.807, 2.05) is 13.8 Å². The lowest BCUT2D eigenvalue weighted by atomic mass is 10.4. The number of nitrogens with two attached hydrogens (primary N) is 1. The average molecular weight is 319 g/mol. The van der Waals surface area contributed by atoms with Gasteiger partial charge in [-0.1, -0.05) is 13.8 Å². The van der Waals surface area contributed by atoms with Crippen LogP contribution < -0.4 is 5.73 Å². The maximum atomic E-state index is 5.64. The molecule has 0 aliphatic carbocycles. The van der Waals surface area contributed by atoms with E-state index < -0.39 is 4.27 Å². The second-order valence-corrected chi connectivity index (χ2v) is 6.08. The molecule has 0 saturated heterocycles. The first-order chi connectivity index (χ1) is 9.68. The summed E-state index contributed by atoms with van der Waals surface area (Å²) in [6, 6.07) is 1.74. The Morgan fingerprint density at radius 1 is 1.20 bits per heavy atom. The monoisotopic (exact) mass is 319 g/mol. The number of anilines is 1. The summed E-state index contributed by atoms with van der Waals surface area (Å²) in [5.41, 5.74) is 6.25. The lowest BCUT2D eigenvalue weighted by Crippen LogP contribution is -2.24. The van der Waals surface area contributed by atoms with E-state index in [2.05, 4.69) is 9.97 Å². The van der Waals surface area contributed by atoms with Gasteiger partial charge < -0.3 is 18.8 Å². The Hall–Kier alpha value is -0.540. The highest BCUT2D eigenvalue weighted by Gasteiger charge is 2.38. The molecule has 0 atom stereocenters. The lowest BCUT2D eigenvalue weighted by molar-refractivity contribution is 0.125. The molecule has 0 amide bonds. The number of rotatable bonds is 10. The predicted molar refractivity (Wildman–Crippen MR) is 82.8 cm³/mol. The Morgan fingerprint density at radius 3 is 2.25 bits per heavy atom. The van der Waals surface area contributed by atoms with Crippen LogP contribution in [-0.2, 0) is 17.4 Å². The van der Waals surface area contributed by atoms with Gasteiger partial charge in [0.2, 0.25) is 5.95 Å². The SMILES string of the molecule is CCCOSC(OC)(SOCCC)c1ccnc(N)n1. The third-order valence-electron chi connectivity index (χ3n) is 2.17. The highest BCUT2D eigenvalue weighted by Crippen LogP contribution is 2.47. The van der Waals surface area contributed by atoms with Crippen LogP contribution in [0.4, 0.5) is 5.95 Å². The van der Waals surface area contributed by atoms with Crippen molar-refractivity contribution < 1.29 is 13.1 Å². The number of nitrogens with zero attached hydrogens (tertiary/aromatic N) is 2. The maximum Gasteiger partial charge on any atom is 0.253 e. The Bertz CT molecular complexity index is 386. The minimum atomic E-state index is -0.915. The molecule has 0 aromatic carbocycles. The van der Waals surface area contributed by atoms with Gasteiger partial charge in [0.15, 0.2) is 0 Å². The van der Waals surface area contributed by atoms with Crippen LogP contribution in [0.1, 0.15) is 32.4 Å². The van der Waals surface area contributed by atoms with Crippen molar-refractivity contribution in [1.82, 2.24) is 9.97 Å². The van der Waals surface area contributed by atoms with E-state index in [-0.39, 0.29) is 5.95 Å². The quantitative estimate of drug-likeness (QED) is 0.400. The highest BCUT2D eigenvalue weighted by atomic mass is 32.2. The van der Waals surface area contributed by atoms with Gasteiger partial charge in [-0.25, -0.2) is 9.97 Å². The van der Waals surface area contributed by atoms with E-state index in [1.54, 1.807) is 19.4 Å². The number of nitrogen functional groups attached to an aromatic ring is 1. The first kappa shape index (κ1) is 17.5. The number of methoxy groups -OCH3 is 1. The van der Waals surface area contributed by atoms with Gasteiger partial charge in [-0.3, -0.25) is 0 Å². The molecule has 1 aromatic heterocycles. The van der Waals surface area contributed by atoms with Gasteiger partial charge in [0.1, 0.15) is 5.69 Å². The molecule has 0 fully saturated rings. The van der Waals surface area contributed by atoms with Crippen LogP contribution in [0.25, 0.3) is 0 Å². The molecule has 0 saturated carbocycles. The molecule has 1 heterocycles. The molecule has 2 N–H and O–H groups in total. The van der Waals surface area contributed by atoms with Crippen molar-refractivity contribution in [2.75, 3.05) is 26.1 Å². The van der Waals surface area contributed by atoms with Gasteiger partial charge in [-0.05, 0) is 18.9 Å². The summed E-state index contributed by atoms with van der Waals surface area (Å²) in [5, 5.41) is 0. The summed E-state index contributed by atoms with van der Waals surface area (Å²) in [4.78, 5) is 8.11. The largest absolute Gasteiger partial charge is 0.368 e. The summed E-state index contributed by atoms with van der Waals surface area (Å²) in [6.07, 6.45) is 3.42. The number of hydrogen-bond donors (Lipinski definition) is 1. The molecular formula is C12H21N3O3S2. The van der Waals surface area contributed by atoms with Crippen molar-refractivity contribution in [2.24, 2.45) is 0 Å². The molecule has 1 rings (SSSR count). The molecular weight excluding hydrogens is 298 g/mol. The van der Waals surface area contributed by atoms with Crippen LogP contribution in [0.3, 0.4) is 0 Å². The molecule has 8 heteroatoms. The van der Waals surface area contributed by atoms with E-state index in [0.29, 0.717) is 18.9 Å². The second-order valence-electron chi connectivity index (χ2n) is 3.87. The van der Waals surface area contributed by atoms with Crippen molar-refractivity contribution in [2.45, 2.75) is 31.0 Å². The van der Waals surface area contributed by atoms with Crippen LogP contribution in [-0.4, -0.2) is 30.3 Å². The van der Waals surface area contributed by atoms with Crippen molar-refractivity contribution in [3.63, 3.8) is 0 Å². The first-order valence-electron chi connectivity index (χ1n) is 6.44. The van der Waals surface area contributed by atoms with Crippen LogP contribution in [0.2, 0.25) is 0 Å². The Balaban J connectivity index is 2.90. The van der Waals surface area contributed by atoms with E-state index in [9.17, 15) is 0 Å². The molecule has 20 heavy (non-hydrogen) atoms. The zero-order valence-electron chi connectivity index (χ0n) is 12.0. The van der Waals surface area contributed by atoms with E-state index in [4.69, 9.17) is 18.8 Å². The summed E-state index contributed by atoms with van der Waals surface area (Å²) in [6.45, 7) is 5.31. The molecule has 114 valence electrons. The lowest BCUT2D eigenvalue weighted by Gasteiger charge is -2.28. The molecule has 1 aromatic rings. The van der Waals surface area contributed by atoms with Gasteiger partial charge in [0, 0.05) is 37.4 Å². The first-order valence-corrected chi connectivity index (χ1v) is 7.92. The van der Waals surface area contributed by atoms with Crippen molar-refractivity contribution in [3.8, 4) is 0 Å². The summed E-state index contributed by atoms with van der Waals surface area (Å²) < 4.78 is 15.8. The van der Waals surface area contributed by atoms with Gasteiger partial charge >= 0.3 is 0 Å². The number of aromatic nitrogens is 2. The van der Waals surface area contributed by atoms with E-state index in [1.165, 1.54) is 24.1 Å². The summed E-state index contributed by atoms with van der Waals surface area (Å²) >= 11 is 2.35. The topological polar surface area (TPSA) is 79.5 Å². The van der Waals surface area contributed by atoms with Crippen LogP contribution >= 0.6 is 24.1 Å². The number of ether oxygens (including phenoxy) is 1. The van der Waals surface area contributed by atoms with E-state index >= 15 is 0 Å². The van der Waals surface area contributed by atoms with Gasteiger partial charge in [0.25, 0.3) is 4.27 Å². The van der Waals surface area contributed by atoms with Crippen molar-refractivity contribution in [1.29, 1.82) is 0 Å². The van der Waals surface area contributed by atoms with Crippen LogP contribution in [0.15, 0.2) is 12.3 Å². The zero-order chi connectivity index (χ0) is 14.8. The molecule has 0 unspecified atom stereocenters. The minimum Gasteiger partial charge on any atom is -0.368 e.